The van der Waals surface area contributed by atoms with Crippen LogP contribution in [0.4, 0.5) is 0 Å². The molecule has 0 aromatic rings. The van der Waals surface area contributed by atoms with E-state index in [9.17, 15) is 14.7 Å². The summed E-state index contributed by atoms with van der Waals surface area (Å²) in [5, 5.41) is 29.1. The molecule has 1 fully saturated rings. The fourth-order valence-corrected chi connectivity index (χ4v) is 1.22. The lowest BCUT2D eigenvalue weighted by Gasteiger charge is -2.20. The molecule has 3 unspecified atom stereocenters. The number of carboxylic acid groups (broad SMARTS) is 1. The summed E-state index contributed by atoms with van der Waals surface area (Å²) in [6.45, 7) is 0.848. The second kappa shape index (κ2) is 4.16. The summed E-state index contributed by atoms with van der Waals surface area (Å²) in [5.74, 6) is -2.43. The molecule has 1 saturated carbocycles. The molecule has 0 aliphatic heterocycles. The van der Waals surface area contributed by atoms with Crippen molar-refractivity contribution in [3.05, 3.63) is 0 Å². The topological polar surface area (TPSA) is 107 Å². The van der Waals surface area contributed by atoms with Crippen LogP contribution in [0.5, 0.6) is 0 Å². The van der Waals surface area contributed by atoms with Crippen molar-refractivity contribution in [2.24, 2.45) is 11.8 Å². The van der Waals surface area contributed by atoms with Crippen molar-refractivity contribution < 1.29 is 24.9 Å². The minimum Gasteiger partial charge on any atom is -0.481 e. The molecule has 0 heterocycles. The maximum atomic E-state index is 11.3. The van der Waals surface area contributed by atoms with E-state index in [1.54, 1.807) is 0 Å². The van der Waals surface area contributed by atoms with Crippen molar-refractivity contribution in [2.45, 2.75) is 18.9 Å². The second-order valence-electron chi connectivity index (χ2n) is 4.16. The van der Waals surface area contributed by atoms with E-state index in [1.165, 1.54) is 6.92 Å². The molecule has 0 aromatic heterocycles. The Morgan fingerprint density at radius 1 is 1.47 bits per heavy atom. The highest BCUT2D eigenvalue weighted by molar-refractivity contribution is 5.89. The molecule has 15 heavy (non-hydrogen) atoms. The van der Waals surface area contributed by atoms with E-state index >= 15 is 0 Å². The third kappa shape index (κ3) is 3.17. The SMILES string of the molecule is CC(O)(CO)CNC(=O)C1CC1C(=O)O. The van der Waals surface area contributed by atoms with E-state index in [2.05, 4.69) is 5.32 Å². The van der Waals surface area contributed by atoms with Gasteiger partial charge in [-0.05, 0) is 13.3 Å². The minimum atomic E-state index is -1.36. The standard InChI is InChI=1S/C9H15NO5/c1-9(15,4-11)3-10-7(12)5-2-6(5)8(13)14/h5-6,11,15H,2-4H2,1H3,(H,10,12)(H,13,14). The van der Waals surface area contributed by atoms with Crippen LogP contribution in [-0.4, -0.2) is 45.9 Å². The molecule has 0 bridgehead atoms. The van der Waals surface area contributed by atoms with E-state index in [0.717, 1.165) is 0 Å². The van der Waals surface area contributed by atoms with Crippen LogP contribution in [0, 0.1) is 11.8 Å². The molecule has 4 N–H and O–H groups in total. The minimum absolute atomic E-state index is 0.0782. The van der Waals surface area contributed by atoms with E-state index in [0.29, 0.717) is 6.42 Å². The Labute approximate surface area is 86.9 Å². The summed E-state index contributed by atoms with van der Waals surface area (Å²) in [6, 6.07) is 0. The largest absolute Gasteiger partial charge is 0.481 e. The molecule has 0 radical (unpaired) electrons. The summed E-state index contributed by atoms with van der Waals surface area (Å²) < 4.78 is 0. The number of carbonyl (C=O) groups excluding carboxylic acids is 1. The number of hydrogen-bond donors (Lipinski definition) is 4. The van der Waals surface area contributed by atoms with Gasteiger partial charge in [0.05, 0.1) is 18.4 Å². The zero-order chi connectivity index (χ0) is 11.6. The zero-order valence-electron chi connectivity index (χ0n) is 8.43. The molecule has 6 heteroatoms. The van der Waals surface area contributed by atoms with Gasteiger partial charge in [-0.1, -0.05) is 0 Å². The maximum absolute atomic E-state index is 11.3. The number of hydrogen-bond acceptors (Lipinski definition) is 4. The monoisotopic (exact) mass is 217 g/mol. The fourth-order valence-electron chi connectivity index (χ4n) is 1.22. The predicted octanol–water partition coefficient (Wildman–Crippen LogP) is -1.43. The Morgan fingerprint density at radius 2 is 2.07 bits per heavy atom. The summed E-state index contributed by atoms with van der Waals surface area (Å²) in [6.07, 6.45) is 0.350. The van der Waals surface area contributed by atoms with Crippen molar-refractivity contribution in [1.82, 2.24) is 5.32 Å². The van der Waals surface area contributed by atoms with Gasteiger partial charge in [0.2, 0.25) is 5.91 Å². The molecule has 0 aromatic carbocycles. The van der Waals surface area contributed by atoms with E-state index in [-0.39, 0.29) is 12.5 Å². The molecule has 1 aliphatic rings. The second-order valence-corrected chi connectivity index (χ2v) is 4.16. The van der Waals surface area contributed by atoms with Crippen molar-refractivity contribution in [3.63, 3.8) is 0 Å². The highest BCUT2D eigenvalue weighted by Gasteiger charge is 2.48. The molecular formula is C9H15NO5. The quantitative estimate of drug-likeness (QED) is 0.451. The summed E-state index contributed by atoms with van der Waals surface area (Å²) in [5.41, 5.74) is -1.36. The van der Waals surface area contributed by atoms with Crippen LogP contribution in [-0.2, 0) is 9.59 Å². The Hall–Kier alpha value is -1.14. The van der Waals surface area contributed by atoms with Crippen LogP contribution in [0.3, 0.4) is 0 Å². The molecule has 1 rings (SSSR count). The summed E-state index contributed by atoms with van der Waals surface area (Å²) in [7, 11) is 0. The average molecular weight is 217 g/mol. The Bertz CT molecular complexity index is 276. The summed E-state index contributed by atoms with van der Waals surface area (Å²) >= 11 is 0. The van der Waals surface area contributed by atoms with Crippen LogP contribution in [0.25, 0.3) is 0 Å². The van der Waals surface area contributed by atoms with Gasteiger partial charge in [-0.15, -0.1) is 0 Å². The van der Waals surface area contributed by atoms with Crippen LogP contribution in [0.1, 0.15) is 13.3 Å². The van der Waals surface area contributed by atoms with Crippen LogP contribution in [0.2, 0.25) is 0 Å². The average Bonchev–Trinajstić information content (AvgIpc) is 2.94. The van der Waals surface area contributed by atoms with Crippen molar-refractivity contribution in [2.75, 3.05) is 13.2 Å². The van der Waals surface area contributed by atoms with Gasteiger partial charge in [0, 0.05) is 6.54 Å². The van der Waals surface area contributed by atoms with Crippen molar-refractivity contribution >= 4 is 11.9 Å². The smallest absolute Gasteiger partial charge is 0.307 e. The third-order valence-electron chi connectivity index (χ3n) is 2.43. The van der Waals surface area contributed by atoms with Crippen LogP contribution < -0.4 is 5.32 Å². The highest BCUT2D eigenvalue weighted by Crippen LogP contribution is 2.38. The number of rotatable bonds is 5. The first kappa shape index (κ1) is 11.9. The zero-order valence-corrected chi connectivity index (χ0v) is 8.43. The van der Waals surface area contributed by atoms with Gasteiger partial charge in [-0.25, -0.2) is 0 Å². The Kier molecular flexibility index (Phi) is 3.31. The first-order chi connectivity index (χ1) is 6.87. The number of amides is 1. The molecule has 1 amide bonds. The maximum Gasteiger partial charge on any atom is 0.307 e. The van der Waals surface area contributed by atoms with Gasteiger partial charge in [0.15, 0.2) is 0 Å². The first-order valence-corrected chi connectivity index (χ1v) is 4.71. The first-order valence-electron chi connectivity index (χ1n) is 4.71. The Balaban J connectivity index is 2.30. The van der Waals surface area contributed by atoms with Crippen LogP contribution in [0.15, 0.2) is 0 Å². The van der Waals surface area contributed by atoms with Gasteiger partial charge >= 0.3 is 5.97 Å². The van der Waals surface area contributed by atoms with Crippen molar-refractivity contribution in [3.8, 4) is 0 Å². The van der Waals surface area contributed by atoms with Gasteiger partial charge in [-0.2, -0.15) is 0 Å². The highest BCUT2D eigenvalue weighted by atomic mass is 16.4. The fraction of sp³-hybridized carbons (Fsp3) is 0.778. The predicted molar refractivity (Wildman–Crippen MR) is 50.0 cm³/mol. The van der Waals surface area contributed by atoms with E-state index < -0.39 is 30.0 Å². The van der Waals surface area contributed by atoms with Gasteiger partial charge in [0.1, 0.15) is 5.60 Å². The molecule has 0 spiro atoms. The lowest BCUT2D eigenvalue weighted by Crippen LogP contribution is -2.43. The van der Waals surface area contributed by atoms with Gasteiger partial charge < -0.3 is 20.6 Å². The van der Waals surface area contributed by atoms with Gasteiger partial charge in [0.25, 0.3) is 0 Å². The molecule has 1 aliphatic carbocycles. The van der Waals surface area contributed by atoms with E-state index in [1.807, 2.05) is 0 Å². The normalized spacial score (nSPS) is 27.9. The number of nitrogens with one attached hydrogen (secondary N) is 1. The van der Waals surface area contributed by atoms with E-state index in [4.69, 9.17) is 10.2 Å². The third-order valence-corrected chi connectivity index (χ3v) is 2.43. The lowest BCUT2D eigenvalue weighted by molar-refractivity contribution is -0.140. The molecule has 3 atom stereocenters. The number of carboxylic acids is 1. The molecule has 86 valence electrons. The number of carbonyl (C=O) groups is 2. The summed E-state index contributed by atoms with van der Waals surface area (Å²) in [4.78, 5) is 21.8. The molecule has 0 saturated heterocycles. The van der Waals surface area contributed by atoms with Crippen molar-refractivity contribution in [1.29, 1.82) is 0 Å². The number of aliphatic hydroxyl groups excluding tert-OH is 1. The number of aliphatic carboxylic acids is 1. The number of aliphatic hydroxyl groups is 2. The molecular weight excluding hydrogens is 202 g/mol. The Morgan fingerprint density at radius 3 is 2.47 bits per heavy atom. The molecule has 6 nitrogen and oxygen atoms in total. The van der Waals surface area contributed by atoms with Gasteiger partial charge in [-0.3, -0.25) is 9.59 Å². The van der Waals surface area contributed by atoms with Crippen LogP contribution >= 0.6 is 0 Å². The lowest BCUT2D eigenvalue weighted by atomic mass is 10.1.